The van der Waals surface area contributed by atoms with Crippen LogP contribution in [0.15, 0.2) is 12.1 Å². The van der Waals surface area contributed by atoms with Crippen LogP contribution in [0.4, 0.5) is 0 Å². The van der Waals surface area contributed by atoms with Crippen molar-refractivity contribution < 1.29 is 9.53 Å². The summed E-state index contributed by atoms with van der Waals surface area (Å²) in [5, 5.41) is 0.490. The van der Waals surface area contributed by atoms with E-state index in [0.29, 0.717) is 18.5 Å². The van der Waals surface area contributed by atoms with Crippen molar-refractivity contribution in [1.29, 1.82) is 0 Å². The third kappa shape index (κ3) is 4.87. The van der Waals surface area contributed by atoms with Gasteiger partial charge < -0.3 is 16.2 Å². The molecule has 0 amide bonds. The number of nitrogens with two attached hydrogens (primary N) is 2. The number of esters is 1. The second-order valence-electron chi connectivity index (χ2n) is 3.41. The first-order valence-corrected chi connectivity index (χ1v) is 5.72. The van der Waals surface area contributed by atoms with Crippen LogP contribution in [0.1, 0.15) is 12.0 Å². The maximum absolute atomic E-state index is 11.4. The highest BCUT2D eigenvalue weighted by atomic mass is 35.5. The lowest BCUT2D eigenvalue weighted by Gasteiger charge is -2.10. The van der Waals surface area contributed by atoms with E-state index in [1.807, 2.05) is 0 Å². The van der Waals surface area contributed by atoms with Crippen LogP contribution in [-0.2, 0) is 16.1 Å². The van der Waals surface area contributed by atoms with E-state index in [0.717, 1.165) is 0 Å². The largest absolute Gasteiger partial charge is 0.460 e. The van der Waals surface area contributed by atoms with Gasteiger partial charge in [0.1, 0.15) is 23.0 Å². The minimum Gasteiger partial charge on any atom is -0.460 e. The fourth-order valence-electron chi connectivity index (χ4n) is 1.16. The monoisotopic (exact) mass is 277 g/mol. The van der Waals surface area contributed by atoms with Crippen molar-refractivity contribution in [1.82, 2.24) is 4.98 Å². The highest BCUT2D eigenvalue weighted by Crippen LogP contribution is 2.15. The van der Waals surface area contributed by atoms with E-state index in [1.165, 1.54) is 0 Å². The van der Waals surface area contributed by atoms with Gasteiger partial charge in [-0.15, -0.1) is 0 Å². The molecule has 0 radical (unpaired) electrons. The van der Waals surface area contributed by atoms with E-state index in [9.17, 15) is 4.79 Å². The SMILES string of the molecule is NCC[C@H](N)C(=O)OCc1cc(Cl)nc(Cl)c1. The zero-order valence-electron chi connectivity index (χ0n) is 9.03. The molecule has 1 atom stereocenters. The molecule has 1 rings (SSSR count). The van der Waals surface area contributed by atoms with Crippen LogP contribution in [0.5, 0.6) is 0 Å². The van der Waals surface area contributed by atoms with Gasteiger partial charge in [0.05, 0.1) is 0 Å². The zero-order valence-corrected chi connectivity index (χ0v) is 10.5. The number of nitrogens with zero attached hydrogens (tertiary/aromatic N) is 1. The van der Waals surface area contributed by atoms with Gasteiger partial charge in [0.15, 0.2) is 0 Å². The summed E-state index contributed by atoms with van der Waals surface area (Å²) in [5.74, 6) is -0.500. The van der Waals surface area contributed by atoms with Gasteiger partial charge in [-0.3, -0.25) is 4.79 Å². The van der Waals surface area contributed by atoms with Gasteiger partial charge in [-0.1, -0.05) is 23.2 Å². The number of hydrogen-bond acceptors (Lipinski definition) is 5. The quantitative estimate of drug-likeness (QED) is 0.621. The number of carbonyl (C=O) groups excluding carboxylic acids is 1. The first kappa shape index (κ1) is 14.2. The fraction of sp³-hybridized carbons (Fsp3) is 0.400. The minimum absolute atomic E-state index is 0.0546. The average molecular weight is 278 g/mol. The predicted octanol–water partition coefficient (Wildman–Crippen LogP) is 1.11. The highest BCUT2D eigenvalue weighted by molar-refractivity contribution is 6.32. The van der Waals surface area contributed by atoms with E-state index in [-0.39, 0.29) is 16.9 Å². The summed E-state index contributed by atoms with van der Waals surface area (Å²) < 4.78 is 4.99. The Kier molecular flexibility index (Phi) is 5.64. The van der Waals surface area contributed by atoms with Gasteiger partial charge in [0.25, 0.3) is 0 Å². The predicted molar refractivity (Wildman–Crippen MR) is 65.7 cm³/mol. The number of pyridine rings is 1. The Balaban J connectivity index is 2.52. The van der Waals surface area contributed by atoms with Crippen LogP contribution in [0.3, 0.4) is 0 Å². The lowest BCUT2D eigenvalue weighted by Crippen LogP contribution is -2.34. The normalized spacial score (nSPS) is 12.2. The first-order chi connectivity index (χ1) is 8.02. The number of hydrogen-bond donors (Lipinski definition) is 2. The molecule has 17 heavy (non-hydrogen) atoms. The molecule has 0 aliphatic heterocycles. The Morgan fingerprint density at radius 2 is 2.00 bits per heavy atom. The maximum atomic E-state index is 11.4. The Labute approximate surface area is 109 Å². The molecule has 7 heteroatoms. The third-order valence-corrected chi connectivity index (χ3v) is 2.37. The smallest absolute Gasteiger partial charge is 0.323 e. The molecule has 0 aliphatic rings. The molecule has 0 fully saturated rings. The Morgan fingerprint density at radius 3 is 2.53 bits per heavy atom. The zero-order chi connectivity index (χ0) is 12.8. The topological polar surface area (TPSA) is 91.2 Å². The lowest BCUT2D eigenvalue weighted by atomic mass is 10.2. The molecule has 0 bridgehead atoms. The number of aromatic nitrogens is 1. The van der Waals surface area contributed by atoms with Crippen LogP contribution in [-0.4, -0.2) is 23.5 Å². The summed E-state index contributed by atoms with van der Waals surface area (Å²) in [6.45, 7) is 0.391. The number of carbonyl (C=O) groups is 1. The molecule has 5 nitrogen and oxygen atoms in total. The second kappa shape index (κ2) is 6.76. The molecule has 1 heterocycles. The Bertz CT molecular complexity index is 381. The van der Waals surface area contributed by atoms with Crippen LogP contribution >= 0.6 is 23.2 Å². The van der Waals surface area contributed by atoms with Crippen LogP contribution in [0, 0.1) is 0 Å². The molecule has 1 aromatic rings. The first-order valence-electron chi connectivity index (χ1n) is 4.97. The van der Waals surface area contributed by atoms with Crippen molar-refractivity contribution in [3.63, 3.8) is 0 Å². The number of rotatable bonds is 5. The molecular weight excluding hydrogens is 265 g/mol. The second-order valence-corrected chi connectivity index (χ2v) is 4.19. The van der Waals surface area contributed by atoms with Gasteiger partial charge in [0.2, 0.25) is 0 Å². The summed E-state index contributed by atoms with van der Waals surface area (Å²) in [6.07, 6.45) is 0.386. The van der Waals surface area contributed by atoms with E-state index in [1.54, 1.807) is 12.1 Å². The van der Waals surface area contributed by atoms with Crippen molar-refractivity contribution in [2.75, 3.05) is 6.54 Å². The fourth-order valence-corrected chi connectivity index (χ4v) is 1.66. The Hall–Kier alpha value is -0.880. The van der Waals surface area contributed by atoms with E-state index in [2.05, 4.69) is 4.98 Å². The van der Waals surface area contributed by atoms with E-state index >= 15 is 0 Å². The van der Waals surface area contributed by atoms with Crippen LogP contribution < -0.4 is 11.5 Å². The highest BCUT2D eigenvalue weighted by Gasteiger charge is 2.14. The summed E-state index contributed by atoms with van der Waals surface area (Å²) in [5.41, 5.74) is 11.5. The van der Waals surface area contributed by atoms with Crippen molar-refractivity contribution >= 4 is 29.2 Å². The molecule has 0 saturated carbocycles. The maximum Gasteiger partial charge on any atom is 0.323 e. The van der Waals surface area contributed by atoms with Crippen molar-refractivity contribution in [2.45, 2.75) is 19.1 Å². The minimum atomic E-state index is -0.701. The molecule has 4 N–H and O–H groups in total. The van der Waals surface area contributed by atoms with Gasteiger partial charge in [-0.2, -0.15) is 0 Å². The number of halogens is 2. The molecule has 94 valence electrons. The van der Waals surface area contributed by atoms with Gasteiger partial charge in [-0.05, 0) is 30.7 Å². The molecule has 0 aliphatic carbocycles. The van der Waals surface area contributed by atoms with E-state index in [4.69, 9.17) is 39.4 Å². The average Bonchev–Trinajstić information content (AvgIpc) is 2.25. The van der Waals surface area contributed by atoms with Crippen LogP contribution in [0.2, 0.25) is 10.3 Å². The summed E-state index contributed by atoms with van der Waals surface area (Å²) in [6, 6.07) is 2.43. The summed E-state index contributed by atoms with van der Waals surface area (Å²) in [7, 11) is 0. The molecule has 0 spiro atoms. The Morgan fingerprint density at radius 1 is 1.41 bits per heavy atom. The summed E-state index contributed by atoms with van der Waals surface area (Å²) >= 11 is 11.4. The number of ether oxygens (including phenoxy) is 1. The standard InChI is InChI=1S/C10H13Cl2N3O2/c11-8-3-6(4-9(12)15-8)5-17-10(16)7(14)1-2-13/h3-4,7H,1-2,5,13-14H2/t7-/m0/s1. The molecular formula is C10H13Cl2N3O2. The molecule has 0 aromatic carbocycles. The van der Waals surface area contributed by atoms with Crippen molar-refractivity contribution in [3.05, 3.63) is 28.0 Å². The molecule has 1 aromatic heterocycles. The summed E-state index contributed by atoms with van der Waals surface area (Å²) in [4.78, 5) is 15.2. The van der Waals surface area contributed by atoms with Crippen molar-refractivity contribution in [3.8, 4) is 0 Å². The van der Waals surface area contributed by atoms with E-state index < -0.39 is 12.0 Å². The van der Waals surface area contributed by atoms with Crippen LogP contribution in [0.25, 0.3) is 0 Å². The van der Waals surface area contributed by atoms with Gasteiger partial charge >= 0.3 is 5.97 Å². The van der Waals surface area contributed by atoms with Crippen molar-refractivity contribution in [2.24, 2.45) is 11.5 Å². The molecule has 0 saturated heterocycles. The molecule has 0 unspecified atom stereocenters. The lowest BCUT2D eigenvalue weighted by molar-refractivity contribution is -0.146. The van der Waals surface area contributed by atoms with Gasteiger partial charge in [-0.25, -0.2) is 4.98 Å². The van der Waals surface area contributed by atoms with Gasteiger partial charge in [0, 0.05) is 0 Å². The third-order valence-electron chi connectivity index (χ3n) is 1.98.